The van der Waals surface area contributed by atoms with Gasteiger partial charge in [0.05, 0.1) is 0 Å². The van der Waals surface area contributed by atoms with E-state index in [0.29, 0.717) is 29.7 Å². The van der Waals surface area contributed by atoms with Crippen LogP contribution in [0.4, 0.5) is 10.5 Å². The lowest BCUT2D eigenvalue weighted by Crippen LogP contribution is -2.57. The number of hydrogen-bond acceptors (Lipinski definition) is 5. The van der Waals surface area contributed by atoms with Crippen LogP contribution in [0.3, 0.4) is 0 Å². The van der Waals surface area contributed by atoms with E-state index < -0.39 is 41.5 Å². The molecule has 0 aromatic heterocycles. The fourth-order valence-corrected chi connectivity index (χ4v) is 5.12. The molecule has 0 aliphatic heterocycles. The van der Waals surface area contributed by atoms with Gasteiger partial charge in [-0.05, 0) is 81.0 Å². The molecule has 43 heavy (non-hydrogen) atoms. The molecule has 3 aromatic carbocycles. The van der Waals surface area contributed by atoms with Gasteiger partial charge in [0.25, 0.3) is 5.91 Å². The smallest absolute Gasteiger partial charge is 0.408 e. The summed E-state index contributed by atoms with van der Waals surface area (Å²) in [7, 11) is 0. The van der Waals surface area contributed by atoms with E-state index >= 15 is 0 Å². The van der Waals surface area contributed by atoms with E-state index in [1.165, 1.54) is 4.90 Å². The van der Waals surface area contributed by atoms with E-state index in [1.807, 2.05) is 36.4 Å². The van der Waals surface area contributed by atoms with Crippen molar-refractivity contribution < 1.29 is 23.9 Å². The lowest BCUT2D eigenvalue weighted by Gasteiger charge is -2.43. The molecule has 9 heteroatoms. The van der Waals surface area contributed by atoms with Crippen LogP contribution in [0.25, 0.3) is 10.8 Å². The summed E-state index contributed by atoms with van der Waals surface area (Å²) < 4.78 is 5.41. The Kier molecular flexibility index (Phi) is 9.71. The van der Waals surface area contributed by atoms with Crippen LogP contribution in [0, 0.1) is 12.3 Å². The van der Waals surface area contributed by atoms with E-state index in [-0.39, 0.29) is 18.9 Å². The monoisotopic (exact) mass is 582 g/mol. The highest BCUT2D eigenvalue weighted by molar-refractivity contribution is 6.01. The minimum absolute atomic E-state index is 0.0631. The lowest BCUT2D eigenvalue weighted by molar-refractivity contribution is -0.146. The summed E-state index contributed by atoms with van der Waals surface area (Å²) in [5.41, 5.74) is 6.10. The number of primary amides is 1. The van der Waals surface area contributed by atoms with Gasteiger partial charge in [-0.1, -0.05) is 54.5 Å². The number of alkyl carbamates (subject to hydrolysis) is 1. The highest BCUT2D eigenvalue weighted by Gasteiger charge is 2.42. The Morgan fingerprint density at radius 3 is 2.33 bits per heavy atom. The number of anilines is 1. The maximum Gasteiger partial charge on any atom is 0.408 e. The molecule has 1 saturated carbocycles. The van der Waals surface area contributed by atoms with Gasteiger partial charge in [0.15, 0.2) is 0 Å². The van der Waals surface area contributed by atoms with Crippen LogP contribution in [0.1, 0.15) is 70.0 Å². The zero-order valence-electron chi connectivity index (χ0n) is 24.8. The van der Waals surface area contributed by atoms with E-state index in [2.05, 4.69) is 16.6 Å². The first-order valence-electron chi connectivity index (χ1n) is 14.4. The molecule has 0 bridgehead atoms. The second-order valence-corrected chi connectivity index (χ2v) is 11.7. The van der Waals surface area contributed by atoms with Gasteiger partial charge in [-0.15, -0.1) is 6.42 Å². The zero-order chi connectivity index (χ0) is 31.1. The summed E-state index contributed by atoms with van der Waals surface area (Å²) in [5.74, 6) is 1.04. The van der Waals surface area contributed by atoms with Crippen molar-refractivity contribution in [1.82, 2.24) is 10.2 Å². The third kappa shape index (κ3) is 7.92. The van der Waals surface area contributed by atoms with Crippen molar-refractivity contribution in [3.05, 3.63) is 77.9 Å². The minimum atomic E-state index is -1.17. The minimum Gasteiger partial charge on any atom is -0.444 e. The predicted octanol–water partition coefficient (Wildman–Crippen LogP) is 5.04. The highest BCUT2D eigenvalue weighted by atomic mass is 16.6. The van der Waals surface area contributed by atoms with Crippen LogP contribution < -0.4 is 16.4 Å². The van der Waals surface area contributed by atoms with Crippen LogP contribution >= 0.6 is 0 Å². The number of rotatable bonds is 10. The van der Waals surface area contributed by atoms with Crippen LogP contribution in [0.15, 0.2) is 66.7 Å². The zero-order valence-corrected chi connectivity index (χ0v) is 24.8. The van der Waals surface area contributed by atoms with Crippen molar-refractivity contribution >= 4 is 40.3 Å². The summed E-state index contributed by atoms with van der Waals surface area (Å²) in [6, 6.07) is 17.8. The van der Waals surface area contributed by atoms with Crippen LogP contribution in [0.5, 0.6) is 0 Å². The van der Waals surface area contributed by atoms with Gasteiger partial charge < -0.3 is 26.0 Å². The summed E-state index contributed by atoms with van der Waals surface area (Å²) in [6.45, 7) is 5.12. The number of hydrogen-bond donors (Lipinski definition) is 3. The summed E-state index contributed by atoms with van der Waals surface area (Å²) in [4.78, 5) is 54.7. The van der Waals surface area contributed by atoms with E-state index in [0.717, 1.165) is 17.2 Å². The Balaban J connectivity index is 1.75. The van der Waals surface area contributed by atoms with E-state index in [1.54, 1.807) is 51.1 Å². The highest BCUT2D eigenvalue weighted by Crippen LogP contribution is 2.36. The number of fused-ring (bicyclic) bond motifs is 1. The Bertz CT molecular complexity index is 1550. The van der Waals surface area contributed by atoms with Crippen molar-refractivity contribution in [3.63, 3.8) is 0 Å². The molecule has 0 saturated heterocycles. The Morgan fingerprint density at radius 1 is 1.02 bits per heavy atom. The van der Waals surface area contributed by atoms with Gasteiger partial charge in [0, 0.05) is 23.7 Å². The van der Waals surface area contributed by atoms with Gasteiger partial charge in [-0.2, -0.15) is 0 Å². The van der Waals surface area contributed by atoms with Gasteiger partial charge in [0.1, 0.15) is 17.7 Å². The lowest BCUT2D eigenvalue weighted by atomic mass is 9.87. The van der Waals surface area contributed by atoms with Gasteiger partial charge in [-0.3, -0.25) is 14.4 Å². The van der Waals surface area contributed by atoms with Crippen molar-refractivity contribution in [1.29, 1.82) is 0 Å². The first-order chi connectivity index (χ1) is 20.5. The standard InChI is InChI=1S/C34H38N4O5/c1-5-22-11-8-9-16-27(22)30(31(40)36-25-18-17-23-12-6-7-13-24(23)21-25)38(26-14-10-15-26)32(41)28(19-20-29(35)39)37-33(42)43-34(2,3)4/h1,6-9,11-13,16-18,21,26,28,30H,10,14-15,19-20H2,2-4H3,(H2,35,39)(H,36,40)(H,37,42). The Morgan fingerprint density at radius 2 is 1.70 bits per heavy atom. The van der Waals surface area contributed by atoms with E-state index in [4.69, 9.17) is 16.9 Å². The maximum atomic E-state index is 14.4. The summed E-state index contributed by atoms with van der Waals surface area (Å²) in [5, 5.41) is 7.58. The van der Waals surface area contributed by atoms with Gasteiger partial charge in [0.2, 0.25) is 11.8 Å². The van der Waals surface area contributed by atoms with E-state index in [9.17, 15) is 19.2 Å². The van der Waals surface area contributed by atoms with Crippen molar-refractivity contribution in [2.24, 2.45) is 5.73 Å². The number of nitrogens with two attached hydrogens (primary N) is 1. The molecule has 1 aliphatic carbocycles. The number of benzene rings is 3. The molecule has 9 nitrogen and oxygen atoms in total. The number of nitrogens with zero attached hydrogens (tertiary/aromatic N) is 1. The molecule has 0 radical (unpaired) electrons. The predicted molar refractivity (Wildman–Crippen MR) is 166 cm³/mol. The molecule has 0 heterocycles. The average Bonchev–Trinajstić information content (AvgIpc) is 2.92. The van der Waals surface area contributed by atoms with Crippen LogP contribution in [-0.4, -0.2) is 46.4 Å². The fourth-order valence-electron chi connectivity index (χ4n) is 5.12. The van der Waals surface area contributed by atoms with Crippen LogP contribution in [0.2, 0.25) is 0 Å². The molecule has 0 spiro atoms. The molecular formula is C34H38N4O5. The molecule has 4 rings (SSSR count). The first-order valence-corrected chi connectivity index (χ1v) is 14.4. The molecular weight excluding hydrogens is 544 g/mol. The number of ether oxygens (including phenoxy) is 1. The molecule has 4 amide bonds. The number of carbonyl (C=O) groups is 4. The van der Waals surface area contributed by atoms with Crippen molar-refractivity contribution in [3.8, 4) is 12.3 Å². The molecule has 3 aromatic rings. The topological polar surface area (TPSA) is 131 Å². The number of terminal acetylenes is 1. The molecule has 2 atom stereocenters. The third-order valence-electron chi connectivity index (χ3n) is 7.35. The summed E-state index contributed by atoms with van der Waals surface area (Å²) >= 11 is 0. The average molecular weight is 583 g/mol. The third-order valence-corrected chi connectivity index (χ3v) is 7.35. The van der Waals surface area contributed by atoms with Crippen molar-refractivity contribution in [2.45, 2.75) is 76.6 Å². The normalized spacial score (nSPS) is 14.5. The van der Waals surface area contributed by atoms with Crippen molar-refractivity contribution in [2.75, 3.05) is 5.32 Å². The number of nitrogens with one attached hydrogen (secondary N) is 2. The molecule has 1 aliphatic rings. The quantitative estimate of drug-likeness (QED) is 0.288. The maximum absolute atomic E-state index is 14.4. The molecule has 224 valence electrons. The molecule has 2 unspecified atom stereocenters. The fraction of sp³-hybridized carbons (Fsp3) is 0.353. The first kappa shape index (κ1) is 31.1. The SMILES string of the molecule is C#Cc1ccccc1C(C(=O)Nc1ccc2ccccc2c1)N(C(=O)C(CCC(N)=O)NC(=O)OC(C)(C)C)C1CCC1. The second kappa shape index (κ2) is 13.4. The number of carbonyl (C=O) groups excluding carboxylic acids is 4. The summed E-state index contributed by atoms with van der Waals surface area (Å²) in [6.07, 6.45) is 7.03. The Hall–Kier alpha value is -4.84. The second-order valence-electron chi connectivity index (χ2n) is 11.7. The van der Waals surface area contributed by atoms with Gasteiger partial charge >= 0.3 is 6.09 Å². The van der Waals surface area contributed by atoms with Crippen LogP contribution in [-0.2, 0) is 19.1 Å². The Labute approximate surface area is 252 Å². The molecule has 1 fully saturated rings. The largest absolute Gasteiger partial charge is 0.444 e. The molecule has 4 N–H and O–H groups in total. The number of amides is 4. The van der Waals surface area contributed by atoms with Gasteiger partial charge in [-0.25, -0.2) is 4.79 Å².